The second kappa shape index (κ2) is 13.5. The summed E-state index contributed by atoms with van der Waals surface area (Å²) < 4.78 is 39.3. The van der Waals surface area contributed by atoms with Crippen LogP contribution < -0.4 is 24.8 Å². The number of carbonyl (C=O) groups is 3. The van der Waals surface area contributed by atoms with E-state index in [-0.39, 0.29) is 25.3 Å². The molecular weight excluding hydrogens is 681 g/mol. The number of ether oxygens (including phenoxy) is 2. The Balaban J connectivity index is 1.29. The smallest absolute Gasteiger partial charge is 0.259 e. The summed E-state index contributed by atoms with van der Waals surface area (Å²) in [4.78, 5) is 52.9. The number of likely N-dealkylation sites (tertiary alicyclic amines) is 1. The van der Waals surface area contributed by atoms with Crippen LogP contribution >= 0.6 is 11.3 Å². The van der Waals surface area contributed by atoms with Crippen molar-refractivity contribution in [2.45, 2.75) is 88.8 Å². The maximum atomic E-state index is 14.6. The molecule has 0 radical (unpaired) electrons. The Morgan fingerprint density at radius 3 is 2.60 bits per heavy atom. The molecule has 0 bridgehead atoms. The molecule has 3 N–H and O–H groups in total. The number of amides is 3. The van der Waals surface area contributed by atoms with E-state index in [1.807, 2.05) is 51.3 Å². The van der Waals surface area contributed by atoms with Gasteiger partial charge in [-0.3, -0.25) is 19.1 Å². The zero-order valence-corrected chi connectivity index (χ0v) is 30.5. The molecule has 1 aliphatic heterocycles. The molecule has 50 heavy (non-hydrogen) atoms. The van der Waals surface area contributed by atoms with Gasteiger partial charge in [-0.1, -0.05) is 33.8 Å². The van der Waals surface area contributed by atoms with Gasteiger partial charge in [-0.15, -0.1) is 17.9 Å². The number of pyridine rings is 1. The molecule has 2 saturated carbocycles. The molecule has 5 atom stereocenters. The molecule has 1 saturated heterocycles. The predicted octanol–water partition coefficient (Wildman–Crippen LogP) is 3.81. The fourth-order valence-corrected chi connectivity index (χ4v) is 8.56. The van der Waals surface area contributed by atoms with E-state index in [4.69, 9.17) is 9.47 Å². The quantitative estimate of drug-likeness (QED) is 0.221. The van der Waals surface area contributed by atoms with Crippen LogP contribution in [0.2, 0.25) is 0 Å². The molecule has 3 aromatic rings. The number of benzene rings is 1. The number of aryl methyl sites for hydroxylation is 1. The Labute approximate surface area is 296 Å². The van der Waals surface area contributed by atoms with Crippen LogP contribution in [0.25, 0.3) is 10.8 Å². The fraction of sp³-hybridized carbons (Fsp3) is 0.514. The third-order valence-electron chi connectivity index (χ3n) is 9.61. The largest absolute Gasteiger partial charge is 0.497 e. The summed E-state index contributed by atoms with van der Waals surface area (Å²) in [5.74, 6) is -1.17. The number of nitrogens with one attached hydrogen (secondary N) is 3. The molecule has 1 aromatic carbocycles. The number of hydrogen-bond donors (Lipinski definition) is 3. The Kier molecular flexibility index (Phi) is 9.59. The van der Waals surface area contributed by atoms with Crippen LogP contribution in [0, 0.1) is 11.3 Å². The molecule has 15 heteroatoms. The second-order valence-electron chi connectivity index (χ2n) is 14.3. The number of rotatable bonds is 13. The third kappa shape index (κ3) is 7.15. The van der Waals surface area contributed by atoms with Gasteiger partial charge in [0.15, 0.2) is 5.13 Å². The van der Waals surface area contributed by atoms with Gasteiger partial charge in [0, 0.05) is 29.3 Å². The van der Waals surface area contributed by atoms with E-state index in [2.05, 4.69) is 31.9 Å². The SMILES string of the molecule is C=C[C@@H]1C[C@]1(NC(=O)[C@@H]1C[C@@H](Oc2nccc3cc(OC)ccc23)CN1C(=O)[C@@H](Nc1nc(CC)cs1)C(C)(C)C)C(=O)NS(=O)(=O)C1CC1. The highest BCUT2D eigenvalue weighted by atomic mass is 32.2. The number of nitrogens with zero attached hydrogens (tertiary/aromatic N) is 3. The number of hydrogen-bond acceptors (Lipinski definition) is 11. The van der Waals surface area contributed by atoms with Crippen molar-refractivity contribution in [2.75, 3.05) is 19.0 Å². The first-order valence-corrected chi connectivity index (χ1v) is 19.2. The Bertz CT molecular complexity index is 1920. The van der Waals surface area contributed by atoms with E-state index in [9.17, 15) is 22.8 Å². The van der Waals surface area contributed by atoms with Crippen LogP contribution in [-0.4, -0.2) is 83.6 Å². The van der Waals surface area contributed by atoms with Crippen molar-refractivity contribution < 1.29 is 32.3 Å². The molecule has 0 unspecified atom stereocenters. The van der Waals surface area contributed by atoms with Crippen LogP contribution in [0.15, 0.2) is 48.5 Å². The molecule has 3 fully saturated rings. The molecule has 2 aromatic heterocycles. The van der Waals surface area contributed by atoms with Gasteiger partial charge in [0.25, 0.3) is 5.91 Å². The van der Waals surface area contributed by atoms with E-state index in [0.717, 1.165) is 22.9 Å². The number of fused-ring (bicyclic) bond motifs is 1. The average molecular weight is 725 g/mol. The van der Waals surface area contributed by atoms with Gasteiger partial charge >= 0.3 is 0 Å². The van der Waals surface area contributed by atoms with Crippen molar-refractivity contribution in [1.82, 2.24) is 24.9 Å². The summed E-state index contributed by atoms with van der Waals surface area (Å²) in [6.45, 7) is 11.7. The molecule has 3 heterocycles. The maximum absolute atomic E-state index is 14.6. The summed E-state index contributed by atoms with van der Waals surface area (Å²) in [5.41, 5.74) is -1.18. The first-order valence-electron chi connectivity index (χ1n) is 16.8. The topological polar surface area (TPSA) is 169 Å². The van der Waals surface area contributed by atoms with E-state index < -0.39 is 62.1 Å². The molecule has 3 amide bonds. The molecule has 6 rings (SSSR count). The van der Waals surface area contributed by atoms with Crippen molar-refractivity contribution in [3.63, 3.8) is 0 Å². The van der Waals surface area contributed by atoms with Gasteiger partial charge in [-0.25, -0.2) is 18.4 Å². The van der Waals surface area contributed by atoms with Crippen LogP contribution in [0.1, 0.15) is 59.1 Å². The first-order chi connectivity index (χ1) is 23.7. The molecular formula is C35H44N6O7S2. The van der Waals surface area contributed by atoms with Gasteiger partial charge in [0.2, 0.25) is 27.7 Å². The zero-order chi connectivity index (χ0) is 36.0. The maximum Gasteiger partial charge on any atom is 0.259 e. The van der Waals surface area contributed by atoms with Crippen molar-refractivity contribution in [3.8, 4) is 11.6 Å². The lowest BCUT2D eigenvalue weighted by molar-refractivity contribution is -0.141. The number of anilines is 1. The van der Waals surface area contributed by atoms with Crippen LogP contribution in [0.5, 0.6) is 11.6 Å². The minimum absolute atomic E-state index is 0.0671. The van der Waals surface area contributed by atoms with Crippen molar-refractivity contribution in [2.24, 2.45) is 11.3 Å². The van der Waals surface area contributed by atoms with E-state index >= 15 is 0 Å². The molecule has 13 nitrogen and oxygen atoms in total. The third-order valence-corrected chi connectivity index (χ3v) is 12.2. The molecule has 268 valence electrons. The first kappa shape index (κ1) is 35.6. The second-order valence-corrected chi connectivity index (χ2v) is 17.1. The predicted molar refractivity (Wildman–Crippen MR) is 190 cm³/mol. The summed E-state index contributed by atoms with van der Waals surface area (Å²) in [7, 11) is -2.27. The van der Waals surface area contributed by atoms with Crippen LogP contribution in [0.3, 0.4) is 0 Å². The van der Waals surface area contributed by atoms with Crippen LogP contribution in [-0.2, 0) is 30.8 Å². The summed E-state index contributed by atoms with van der Waals surface area (Å²) in [6.07, 6.45) is 4.54. The Hall–Kier alpha value is -4.24. The number of aromatic nitrogens is 2. The number of methoxy groups -OCH3 is 1. The van der Waals surface area contributed by atoms with Gasteiger partial charge in [0.1, 0.15) is 29.5 Å². The molecule has 0 spiro atoms. The summed E-state index contributed by atoms with van der Waals surface area (Å²) >= 11 is 1.41. The Morgan fingerprint density at radius 1 is 1.22 bits per heavy atom. The minimum Gasteiger partial charge on any atom is -0.497 e. The Morgan fingerprint density at radius 2 is 1.98 bits per heavy atom. The van der Waals surface area contributed by atoms with Gasteiger partial charge in [-0.05, 0) is 60.7 Å². The lowest BCUT2D eigenvalue weighted by Gasteiger charge is -2.35. The highest BCUT2D eigenvalue weighted by molar-refractivity contribution is 7.91. The van der Waals surface area contributed by atoms with Gasteiger partial charge in [-0.2, -0.15) is 0 Å². The number of sulfonamides is 1. The number of carbonyl (C=O) groups excluding carboxylic acids is 3. The van der Waals surface area contributed by atoms with Crippen molar-refractivity contribution in [1.29, 1.82) is 0 Å². The summed E-state index contributed by atoms with van der Waals surface area (Å²) in [6, 6.07) is 5.56. The van der Waals surface area contributed by atoms with Crippen molar-refractivity contribution in [3.05, 3.63) is 54.2 Å². The van der Waals surface area contributed by atoms with E-state index in [1.54, 1.807) is 19.4 Å². The fourth-order valence-electron chi connectivity index (χ4n) is 6.37. The lowest BCUT2D eigenvalue weighted by Crippen LogP contribution is -2.58. The van der Waals surface area contributed by atoms with Gasteiger partial charge < -0.3 is 25.0 Å². The van der Waals surface area contributed by atoms with Crippen LogP contribution in [0.4, 0.5) is 5.13 Å². The lowest BCUT2D eigenvalue weighted by atomic mass is 9.85. The zero-order valence-electron chi connectivity index (χ0n) is 28.9. The molecule has 2 aliphatic carbocycles. The number of thiazole rings is 1. The molecule has 3 aliphatic rings. The highest BCUT2D eigenvalue weighted by Crippen LogP contribution is 2.45. The van der Waals surface area contributed by atoms with Gasteiger partial charge in [0.05, 0.1) is 24.6 Å². The monoisotopic (exact) mass is 724 g/mol. The summed E-state index contributed by atoms with van der Waals surface area (Å²) in [5, 5.41) is 9.67. The van der Waals surface area contributed by atoms with E-state index in [0.29, 0.717) is 29.6 Å². The standard InChI is InChI=1S/C35H44N6O7S2/c1-7-21-17-35(21,32(44)40-50(45,46)25-10-11-25)39-29(42)27-16-24(48-30-26-12-9-23(47-6)15-20(26)13-14-36-30)18-41(27)31(43)28(34(3,4)5)38-33-37-22(8-2)19-49-33/h7,9,12-15,19,21,24-25,27-28H,1,8,10-11,16-18H2,2-6H3,(H,37,38)(H,39,42)(H,40,44)/t21-,24-,27+,28-,35-/m1/s1. The average Bonchev–Trinajstić information content (AvgIpc) is 3.97. The van der Waals surface area contributed by atoms with E-state index in [1.165, 1.54) is 22.3 Å². The normalized spacial score (nSPS) is 23.9. The van der Waals surface area contributed by atoms with Crippen molar-refractivity contribution >= 4 is 55.0 Å². The highest BCUT2D eigenvalue weighted by Gasteiger charge is 2.62. The minimum atomic E-state index is -3.86.